The van der Waals surface area contributed by atoms with Crippen molar-refractivity contribution < 1.29 is 9.53 Å². The van der Waals surface area contributed by atoms with E-state index in [4.69, 9.17) is 4.74 Å². The number of carbonyl (C=O) groups excluding carboxylic acids is 1. The molecule has 2 aromatic carbocycles. The lowest BCUT2D eigenvalue weighted by Crippen LogP contribution is -2.23. The predicted octanol–water partition coefficient (Wildman–Crippen LogP) is 5.42. The lowest BCUT2D eigenvalue weighted by atomic mass is 10.2. The third kappa shape index (κ3) is 5.19. The summed E-state index contributed by atoms with van der Waals surface area (Å²) in [7, 11) is 1.64. The summed E-state index contributed by atoms with van der Waals surface area (Å²) in [6.07, 6.45) is 0. The van der Waals surface area contributed by atoms with E-state index in [2.05, 4.69) is 49.9 Å². The van der Waals surface area contributed by atoms with E-state index in [9.17, 15) is 4.79 Å². The minimum Gasteiger partial charge on any atom is -0.497 e. The van der Waals surface area contributed by atoms with Crippen LogP contribution in [0.1, 0.15) is 26.8 Å². The molecule has 29 heavy (non-hydrogen) atoms. The first-order valence-corrected chi connectivity index (χ1v) is 10.9. The first kappa shape index (κ1) is 21.4. The van der Waals surface area contributed by atoms with Gasteiger partial charge < -0.3 is 10.1 Å². The van der Waals surface area contributed by atoms with E-state index in [1.807, 2.05) is 55.5 Å². The van der Waals surface area contributed by atoms with Gasteiger partial charge in [-0.3, -0.25) is 9.36 Å². The van der Waals surface area contributed by atoms with Gasteiger partial charge in [-0.15, -0.1) is 10.2 Å². The zero-order valence-corrected chi connectivity index (χ0v) is 19.1. The maximum atomic E-state index is 12.6. The first-order valence-electron chi connectivity index (χ1n) is 9.21. The molecule has 8 heteroatoms. The number of benzene rings is 2. The molecular weight excluding hydrogens is 452 g/mol. The average Bonchev–Trinajstić information content (AvgIpc) is 3.13. The molecule has 0 aliphatic heterocycles. The highest BCUT2D eigenvalue weighted by Gasteiger charge is 2.22. The molecule has 3 rings (SSSR count). The van der Waals surface area contributed by atoms with Crippen molar-refractivity contribution in [1.29, 1.82) is 0 Å². The Morgan fingerprint density at radius 1 is 1.07 bits per heavy atom. The summed E-state index contributed by atoms with van der Waals surface area (Å²) in [4.78, 5) is 12.6. The van der Waals surface area contributed by atoms with Crippen LogP contribution in [0.4, 0.5) is 5.69 Å². The molecule has 152 valence electrons. The number of nitrogens with zero attached hydrogens (tertiary/aromatic N) is 3. The van der Waals surface area contributed by atoms with Gasteiger partial charge in [0.1, 0.15) is 5.75 Å². The number of halogens is 1. The molecule has 0 bridgehead atoms. The van der Waals surface area contributed by atoms with Crippen LogP contribution >= 0.6 is 27.7 Å². The number of hydrogen-bond acceptors (Lipinski definition) is 5. The van der Waals surface area contributed by atoms with Crippen molar-refractivity contribution in [3.63, 3.8) is 0 Å². The number of hydrogen-bond donors (Lipinski definition) is 1. The van der Waals surface area contributed by atoms with Gasteiger partial charge in [0.2, 0.25) is 5.91 Å². The number of ether oxygens (including phenoxy) is 1. The van der Waals surface area contributed by atoms with Crippen molar-refractivity contribution in [3.8, 4) is 17.1 Å². The molecular formula is C21H23BrN4O2S. The number of nitrogens with one attached hydrogen (secondary N) is 1. The molecule has 0 fully saturated rings. The topological polar surface area (TPSA) is 69.0 Å². The van der Waals surface area contributed by atoms with Gasteiger partial charge >= 0.3 is 0 Å². The van der Waals surface area contributed by atoms with Crippen molar-refractivity contribution >= 4 is 39.3 Å². The van der Waals surface area contributed by atoms with Gasteiger partial charge in [0.05, 0.1) is 12.4 Å². The van der Waals surface area contributed by atoms with Gasteiger partial charge in [0.15, 0.2) is 11.0 Å². The van der Waals surface area contributed by atoms with Crippen LogP contribution in [-0.2, 0) is 4.79 Å². The second kappa shape index (κ2) is 9.45. The minimum atomic E-state index is -0.330. The summed E-state index contributed by atoms with van der Waals surface area (Å²) < 4.78 is 8.25. The van der Waals surface area contributed by atoms with Crippen LogP contribution in [0.25, 0.3) is 11.4 Å². The Morgan fingerprint density at radius 3 is 2.31 bits per heavy atom. The smallest absolute Gasteiger partial charge is 0.237 e. The normalized spacial score (nSPS) is 12.1. The van der Waals surface area contributed by atoms with Gasteiger partial charge in [-0.1, -0.05) is 27.7 Å². The van der Waals surface area contributed by atoms with E-state index in [0.29, 0.717) is 5.16 Å². The van der Waals surface area contributed by atoms with Crippen molar-refractivity contribution in [3.05, 3.63) is 53.0 Å². The van der Waals surface area contributed by atoms with E-state index >= 15 is 0 Å². The fraction of sp³-hybridized carbons (Fsp3) is 0.286. The molecule has 0 saturated heterocycles. The molecule has 0 unspecified atom stereocenters. The molecule has 0 saturated carbocycles. The molecule has 1 amide bonds. The Morgan fingerprint density at radius 2 is 1.72 bits per heavy atom. The fourth-order valence-corrected chi connectivity index (χ4v) is 3.99. The zero-order chi connectivity index (χ0) is 21.0. The third-order valence-electron chi connectivity index (χ3n) is 4.29. The van der Waals surface area contributed by atoms with Crippen LogP contribution < -0.4 is 10.1 Å². The number of aromatic nitrogens is 3. The first-order chi connectivity index (χ1) is 13.9. The Hall–Kier alpha value is -2.32. The van der Waals surface area contributed by atoms with Gasteiger partial charge in [0, 0.05) is 21.8 Å². The van der Waals surface area contributed by atoms with E-state index in [0.717, 1.165) is 27.3 Å². The molecule has 0 spiro atoms. The van der Waals surface area contributed by atoms with Crippen molar-refractivity contribution in [2.45, 2.75) is 37.2 Å². The Labute approximate surface area is 183 Å². The lowest BCUT2D eigenvalue weighted by Gasteiger charge is -2.16. The maximum absolute atomic E-state index is 12.6. The monoisotopic (exact) mass is 474 g/mol. The van der Waals surface area contributed by atoms with E-state index < -0.39 is 0 Å². The number of carbonyl (C=O) groups is 1. The molecule has 1 N–H and O–H groups in total. The van der Waals surface area contributed by atoms with Crippen LogP contribution in [0.3, 0.4) is 0 Å². The molecule has 3 aromatic rings. The van der Waals surface area contributed by atoms with Crippen LogP contribution in [0.5, 0.6) is 5.75 Å². The van der Waals surface area contributed by atoms with Crippen molar-refractivity contribution in [2.24, 2.45) is 0 Å². The summed E-state index contributed by atoms with van der Waals surface area (Å²) >= 11 is 4.79. The standard InChI is InChI=1S/C21H23BrN4O2S/c1-13(2)26-19(15-5-11-18(28-4)12-6-15)24-25-21(26)29-14(3)20(27)23-17-9-7-16(22)8-10-17/h5-14H,1-4H3,(H,23,27)/t14-/m1/s1. The van der Waals surface area contributed by atoms with Gasteiger partial charge in [-0.05, 0) is 69.3 Å². The van der Waals surface area contributed by atoms with Crippen LogP contribution in [0, 0.1) is 0 Å². The molecule has 0 radical (unpaired) electrons. The number of rotatable bonds is 7. The van der Waals surface area contributed by atoms with Crippen LogP contribution in [-0.4, -0.2) is 33.0 Å². The quantitative estimate of drug-likeness (QED) is 0.463. The summed E-state index contributed by atoms with van der Waals surface area (Å²) in [5.74, 6) is 1.48. The number of amides is 1. The highest BCUT2D eigenvalue weighted by atomic mass is 79.9. The minimum absolute atomic E-state index is 0.0818. The van der Waals surface area contributed by atoms with Crippen molar-refractivity contribution in [1.82, 2.24) is 14.8 Å². The molecule has 1 heterocycles. The van der Waals surface area contributed by atoms with E-state index in [-0.39, 0.29) is 17.2 Å². The summed E-state index contributed by atoms with van der Waals surface area (Å²) in [5, 5.41) is 12.1. The Kier molecular flexibility index (Phi) is 6.97. The van der Waals surface area contributed by atoms with Crippen molar-refractivity contribution in [2.75, 3.05) is 12.4 Å². The lowest BCUT2D eigenvalue weighted by molar-refractivity contribution is -0.115. The second-order valence-electron chi connectivity index (χ2n) is 6.75. The Bertz CT molecular complexity index is 971. The molecule has 1 aromatic heterocycles. The summed E-state index contributed by atoms with van der Waals surface area (Å²) in [5.41, 5.74) is 1.71. The number of methoxy groups -OCH3 is 1. The van der Waals surface area contributed by atoms with Gasteiger partial charge in [0.25, 0.3) is 0 Å². The van der Waals surface area contributed by atoms with Crippen LogP contribution in [0.2, 0.25) is 0 Å². The highest BCUT2D eigenvalue weighted by Crippen LogP contribution is 2.31. The van der Waals surface area contributed by atoms with Gasteiger partial charge in [-0.2, -0.15) is 0 Å². The summed E-state index contributed by atoms with van der Waals surface area (Å²) in [6.45, 7) is 6.02. The molecule has 0 aliphatic rings. The molecule has 1 atom stereocenters. The van der Waals surface area contributed by atoms with Gasteiger partial charge in [-0.25, -0.2) is 0 Å². The predicted molar refractivity (Wildman–Crippen MR) is 120 cm³/mol. The van der Waals surface area contributed by atoms with E-state index in [1.54, 1.807) is 7.11 Å². The fourth-order valence-electron chi connectivity index (χ4n) is 2.75. The molecule has 6 nitrogen and oxygen atoms in total. The largest absolute Gasteiger partial charge is 0.497 e. The zero-order valence-electron chi connectivity index (χ0n) is 16.7. The summed E-state index contributed by atoms with van der Waals surface area (Å²) in [6, 6.07) is 15.4. The third-order valence-corrected chi connectivity index (χ3v) is 5.88. The highest BCUT2D eigenvalue weighted by molar-refractivity contribution is 9.10. The number of thioether (sulfide) groups is 1. The second-order valence-corrected chi connectivity index (χ2v) is 8.98. The SMILES string of the molecule is COc1ccc(-c2nnc(S[C@H](C)C(=O)Nc3ccc(Br)cc3)n2C(C)C)cc1. The van der Waals surface area contributed by atoms with Crippen LogP contribution in [0.15, 0.2) is 58.2 Å². The molecule has 0 aliphatic carbocycles. The average molecular weight is 475 g/mol. The maximum Gasteiger partial charge on any atom is 0.237 e. The van der Waals surface area contributed by atoms with E-state index in [1.165, 1.54) is 11.8 Å². The number of anilines is 1. The Balaban J connectivity index is 1.78.